The SMILES string of the molecule is Cc1cc(CN2CC[C@@]3(C2)C(=O)NC[C@H]3COc2ccccn2)no1. The molecule has 1 amide bonds. The lowest BCUT2D eigenvalue weighted by molar-refractivity contribution is -0.128. The first-order valence-electron chi connectivity index (χ1n) is 8.62. The van der Waals surface area contributed by atoms with E-state index in [1.54, 1.807) is 6.20 Å². The van der Waals surface area contributed by atoms with Crippen molar-refractivity contribution in [1.29, 1.82) is 0 Å². The average molecular weight is 342 g/mol. The molecule has 7 nitrogen and oxygen atoms in total. The van der Waals surface area contributed by atoms with Crippen molar-refractivity contribution < 1.29 is 14.1 Å². The Morgan fingerprint density at radius 2 is 2.40 bits per heavy atom. The van der Waals surface area contributed by atoms with Crippen LogP contribution >= 0.6 is 0 Å². The Morgan fingerprint density at radius 1 is 1.48 bits per heavy atom. The highest BCUT2D eigenvalue weighted by atomic mass is 16.5. The van der Waals surface area contributed by atoms with Crippen LogP contribution in [0.1, 0.15) is 17.9 Å². The third-order valence-corrected chi connectivity index (χ3v) is 5.26. The molecule has 2 aromatic rings. The lowest BCUT2D eigenvalue weighted by Crippen LogP contribution is -2.40. The van der Waals surface area contributed by atoms with E-state index in [1.807, 2.05) is 31.2 Å². The second-order valence-corrected chi connectivity index (χ2v) is 6.93. The van der Waals surface area contributed by atoms with Crippen molar-refractivity contribution in [1.82, 2.24) is 20.4 Å². The number of carbonyl (C=O) groups excluding carboxylic acids is 1. The van der Waals surface area contributed by atoms with Gasteiger partial charge in [-0.3, -0.25) is 9.69 Å². The van der Waals surface area contributed by atoms with E-state index >= 15 is 0 Å². The topological polar surface area (TPSA) is 80.5 Å². The minimum atomic E-state index is -0.381. The van der Waals surface area contributed by atoms with Crippen LogP contribution in [0.5, 0.6) is 5.88 Å². The number of rotatable bonds is 5. The van der Waals surface area contributed by atoms with Gasteiger partial charge in [-0.15, -0.1) is 0 Å². The van der Waals surface area contributed by atoms with Crippen LogP contribution in [0, 0.1) is 18.3 Å². The summed E-state index contributed by atoms with van der Waals surface area (Å²) in [5.41, 5.74) is 0.530. The number of carbonyl (C=O) groups is 1. The number of aromatic nitrogens is 2. The fourth-order valence-electron chi connectivity index (χ4n) is 3.90. The average Bonchev–Trinajstić information content (AvgIpc) is 3.30. The molecule has 0 aromatic carbocycles. The number of nitrogens with zero attached hydrogens (tertiary/aromatic N) is 3. The number of aryl methyl sites for hydroxylation is 1. The number of ether oxygens (including phenoxy) is 1. The quantitative estimate of drug-likeness (QED) is 0.885. The van der Waals surface area contributed by atoms with Crippen LogP contribution in [0.3, 0.4) is 0 Å². The zero-order chi connectivity index (χ0) is 17.3. The standard InChI is InChI=1S/C18H22N4O3/c1-13-8-15(21-25-13)10-22-7-5-18(12-22)14(9-20-17(18)23)11-24-16-4-2-3-6-19-16/h2-4,6,8,14H,5,7,9-12H2,1H3,(H,20,23)/t14-,18-/m0/s1. The van der Waals surface area contributed by atoms with Gasteiger partial charge in [0.15, 0.2) is 0 Å². The van der Waals surface area contributed by atoms with E-state index in [0.29, 0.717) is 25.6 Å². The van der Waals surface area contributed by atoms with Gasteiger partial charge in [-0.05, 0) is 26.0 Å². The third-order valence-electron chi connectivity index (χ3n) is 5.26. The Kier molecular flexibility index (Phi) is 4.17. The van der Waals surface area contributed by atoms with Crippen molar-refractivity contribution >= 4 is 5.91 Å². The van der Waals surface area contributed by atoms with Crippen LogP contribution in [0.25, 0.3) is 0 Å². The third kappa shape index (κ3) is 3.11. The molecule has 1 spiro atoms. The lowest BCUT2D eigenvalue weighted by atomic mass is 9.77. The fourth-order valence-corrected chi connectivity index (χ4v) is 3.90. The minimum Gasteiger partial charge on any atom is -0.477 e. The maximum absolute atomic E-state index is 12.6. The predicted molar refractivity (Wildman–Crippen MR) is 89.8 cm³/mol. The van der Waals surface area contributed by atoms with Crippen molar-refractivity contribution in [2.75, 3.05) is 26.2 Å². The first-order chi connectivity index (χ1) is 12.2. The Hall–Kier alpha value is -2.41. The maximum Gasteiger partial charge on any atom is 0.228 e. The van der Waals surface area contributed by atoms with Crippen LogP contribution in [-0.2, 0) is 11.3 Å². The first-order valence-corrected chi connectivity index (χ1v) is 8.62. The molecule has 2 atom stereocenters. The number of nitrogens with one attached hydrogen (secondary N) is 1. The van der Waals surface area contributed by atoms with E-state index in [0.717, 1.165) is 31.0 Å². The summed E-state index contributed by atoms with van der Waals surface area (Å²) in [5, 5.41) is 7.09. The Bertz CT molecular complexity index is 748. The van der Waals surface area contributed by atoms with Gasteiger partial charge in [0, 0.05) is 43.9 Å². The van der Waals surface area contributed by atoms with Crippen molar-refractivity contribution in [2.24, 2.45) is 11.3 Å². The number of hydrogen-bond acceptors (Lipinski definition) is 6. The molecule has 0 bridgehead atoms. The zero-order valence-electron chi connectivity index (χ0n) is 14.3. The van der Waals surface area contributed by atoms with Crippen LogP contribution in [0.15, 0.2) is 35.0 Å². The summed E-state index contributed by atoms with van der Waals surface area (Å²) >= 11 is 0. The number of amides is 1. The van der Waals surface area contributed by atoms with Gasteiger partial charge in [-0.25, -0.2) is 4.98 Å². The molecule has 0 radical (unpaired) electrons. The van der Waals surface area contributed by atoms with E-state index in [1.165, 1.54) is 0 Å². The normalized spacial score (nSPS) is 26.3. The van der Waals surface area contributed by atoms with E-state index < -0.39 is 0 Å². The Labute approximate surface area is 146 Å². The van der Waals surface area contributed by atoms with Crippen molar-refractivity contribution in [3.63, 3.8) is 0 Å². The van der Waals surface area contributed by atoms with Crippen LogP contribution in [-0.4, -0.2) is 47.2 Å². The lowest BCUT2D eigenvalue weighted by Gasteiger charge is -2.28. The molecule has 1 N–H and O–H groups in total. The van der Waals surface area contributed by atoms with Crippen molar-refractivity contribution in [3.8, 4) is 5.88 Å². The van der Waals surface area contributed by atoms with Gasteiger partial charge in [0.05, 0.1) is 17.7 Å². The summed E-state index contributed by atoms with van der Waals surface area (Å²) in [6.45, 7) is 5.34. The molecule has 0 saturated carbocycles. The van der Waals surface area contributed by atoms with E-state index in [4.69, 9.17) is 9.26 Å². The molecule has 132 valence electrons. The highest BCUT2D eigenvalue weighted by Crippen LogP contribution is 2.42. The predicted octanol–water partition coefficient (Wildman–Crippen LogP) is 1.40. The second kappa shape index (κ2) is 6.48. The molecule has 2 saturated heterocycles. The summed E-state index contributed by atoms with van der Waals surface area (Å²) in [4.78, 5) is 19.0. The summed E-state index contributed by atoms with van der Waals surface area (Å²) in [6, 6.07) is 7.54. The summed E-state index contributed by atoms with van der Waals surface area (Å²) in [5.74, 6) is 1.70. The Balaban J connectivity index is 1.42. The van der Waals surface area contributed by atoms with Gasteiger partial charge in [0.1, 0.15) is 5.76 Å². The minimum absolute atomic E-state index is 0.140. The highest BCUT2D eigenvalue weighted by molar-refractivity contribution is 5.86. The summed E-state index contributed by atoms with van der Waals surface area (Å²) < 4.78 is 11.0. The van der Waals surface area contributed by atoms with Gasteiger partial charge in [0.25, 0.3) is 0 Å². The highest BCUT2D eigenvalue weighted by Gasteiger charge is 2.54. The Morgan fingerprint density at radius 3 is 3.16 bits per heavy atom. The molecule has 2 aliphatic heterocycles. The molecule has 0 aliphatic carbocycles. The smallest absolute Gasteiger partial charge is 0.228 e. The van der Waals surface area contributed by atoms with Gasteiger partial charge in [-0.2, -0.15) is 0 Å². The van der Waals surface area contributed by atoms with Gasteiger partial charge in [0.2, 0.25) is 11.8 Å². The van der Waals surface area contributed by atoms with Gasteiger partial charge >= 0.3 is 0 Å². The van der Waals surface area contributed by atoms with Gasteiger partial charge < -0.3 is 14.6 Å². The molecule has 0 unspecified atom stereocenters. The molecule has 2 fully saturated rings. The summed E-state index contributed by atoms with van der Waals surface area (Å²) in [6.07, 6.45) is 2.55. The van der Waals surface area contributed by atoms with Crippen LogP contribution in [0.2, 0.25) is 0 Å². The molecule has 7 heteroatoms. The summed E-state index contributed by atoms with van der Waals surface area (Å²) in [7, 11) is 0. The van der Waals surface area contributed by atoms with Crippen molar-refractivity contribution in [3.05, 3.63) is 41.9 Å². The molecular weight excluding hydrogens is 320 g/mol. The second-order valence-electron chi connectivity index (χ2n) is 6.93. The molecule has 4 heterocycles. The number of likely N-dealkylation sites (tertiary alicyclic amines) is 1. The van der Waals surface area contributed by atoms with Crippen LogP contribution < -0.4 is 10.1 Å². The molecule has 25 heavy (non-hydrogen) atoms. The van der Waals surface area contributed by atoms with E-state index in [9.17, 15) is 4.79 Å². The maximum atomic E-state index is 12.6. The fraction of sp³-hybridized carbons (Fsp3) is 0.500. The molecule has 2 aromatic heterocycles. The van der Waals surface area contributed by atoms with E-state index in [2.05, 4.69) is 20.4 Å². The van der Waals surface area contributed by atoms with Crippen molar-refractivity contribution in [2.45, 2.75) is 19.9 Å². The van der Waals surface area contributed by atoms with Gasteiger partial charge in [-0.1, -0.05) is 11.2 Å². The van der Waals surface area contributed by atoms with Crippen LogP contribution in [0.4, 0.5) is 0 Å². The number of hydrogen-bond donors (Lipinski definition) is 1. The van der Waals surface area contributed by atoms with E-state index in [-0.39, 0.29) is 17.2 Å². The molecule has 2 aliphatic rings. The number of pyridine rings is 1. The zero-order valence-corrected chi connectivity index (χ0v) is 14.3. The monoisotopic (exact) mass is 342 g/mol. The largest absolute Gasteiger partial charge is 0.477 e. The first kappa shape index (κ1) is 16.1. The molecular formula is C18H22N4O3. The molecule has 4 rings (SSSR count).